The molecule has 1 fully saturated rings. The number of piperidine rings is 1. The van der Waals surface area contributed by atoms with Gasteiger partial charge in [0.15, 0.2) is 0 Å². The van der Waals surface area contributed by atoms with Crippen LogP contribution in [0.2, 0.25) is 0 Å². The number of fused-ring (bicyclic) bond motifs is 4. The highest BCUT2D eigenvalue weighted by atomic mass is 16.5. The van der Waals surface area contributed by atoms with Crippen molar-refractivity contribution in [3.63, 3.8) is 0 Å². The first kappa shape index (κ1) is 15.1. The van der Waals surface area contributed by atoms with Gasteiger partial charge in [0.05, 0.1) is 36.3 Å². The van der Waals surface area contributed by atoms with E-state index < -0.39 is 0 Å². The number of amides is 1. The molecular formula is C17H22N6O2. The summed E-state index contributed by atoms with van der Waals surface area (Å²) in [7, 11) is 1.89. The minimum atomic E-state index is -0.0176. The molecule has 0 unspecified atom stereocenters. The van der Waals surface area contributed by atoms with Gasteiger partial charge < -0.3 is 9.64 Å². The van der Waals surface area contributed by atoms with E-state index in [0.717, 1.165) is 48.3 Å². The minimum absolute atomic E-state index is 0.0176. The number of ether oxygens (including phenoxy) is 1. The van der Waals surface area contributed by atoms with Crippen molar-refractivity contribution in [1.29, 1.82) is 0 Å². The molecule has 8 heteroatoms. The lowest BCUT2D eigenvalue weighted by molar-refractivity contribution is -0.0629. The molecular weight excluding hydrogens is 320 g/mol. The summed E-state index contributed by atoms with van der Waals surface area (Å²) in [4.78, 5) is 15.1. The predicted molar refractivity (Wildman–Crippen MR) is 88.0 cm³/mol. The third-order valence-corrected chi connectivity index (χ3v) is 5.74. The number of aromatic nitrogens is 5. The van der Waals surface area contributed by atoms with Gasteiger partial charge in [0.25, 0.3) is 5.91 Å². The zero-order valence-electron chi connectivity index (χ0n) is 14.4. The largest absolute Gasteiger partial charge is 0.368 e. The van der Waals surface area contributed by atoms with E-state index in [2.05, 4.69) is 15.4 Å². The first-order valence-corrected chi connectivity index (χ1v) is 9.07. The van der Waals surface area contributed by atoms with Crippen LogP contribution in [0.25, 0.3) is 0 Å². The van der Waals surface area contributed by atoms with E-state index in [1.807, 2.05) is 16.6 Å². The highest BCUT2D eigenvalue weighted by molar-refractivity contribution is 5.94. The van der Waals surface area contributed by atoms with Crippen molar-refractivity contribution >= 4 is 5.91 Å². The zero-order chi connectivity index (χ0) is 17.0. The summed E-state index contributed by atoms with van der Waals surface area (Å²) >= 11 is 0. The molecule has 2 aliphatic heterocycles. The molecule has 1 amide bonds. The van der Waals surface area contributed by atoms with E-state index in [-0.39, 0.29) is 18.1 Å². The summed E-state index contributed by atoms with van der Waals surface area (Å²) in [6, 6.07) is 0.177. The standard InChI is InChI=1S/C17H22N6O2/c1-21-16(12-4-2-3-5-13(12)19-21)17(24)22-7-6-14-15(9-22)25-10-11-8-18-20-23(11)14/h8,14-15H,2-7,9-10H2,1H3/t14-,15-/m0/s1. The van der Waals surface area contributed by atoms with Crippen molar-refractivity contribution in [2.24, 2.45) is 7.05 Å². The lowest BCUT2D eigenvalue weighted by atomic mass is 9.94. The third kappa shape index (κ3) is 2.31. The number of nitrogens with zero attached hydrogens (tertiary/aromatic N) is 6. The molecule has 5 rings (SSSR count). The van der Waals surface area contributed by atoms with Crippen LogP contribution >= 0.6 is 0 Å². The Morgan fingerprint density at radius 1 is 1.32 bits per heavy atom. The van der Waals surface area contributed by atoms with Crippen molar-refractivity contribution in [3.05, 3.63) is 28.8 Å². The first-order chi connectivity index (χ1) is 12.2. The number of carbonyl (C=O) groups excluding carboxylic acids is 1. The SMILES string of the molecule is Cn1nc2c(c1C(=O)N1CC[C@H]3[C@H](C1)OCc1cnnn13)CCCC2. The summed E-state index contributed by atoms with van der Waals surface area (Å²) in [5.74, 6) is 0.0876. The summed E-state index contributed by atoms with van der Waals surface area (Å²) in [5.41, 5.74) is 4.05. The number of aryl methyl sites for hydroxylation is 2. The molecule has 4 heterocycles. The Hall–Kier alpha value is -2.22. The molecule has 0 bridgehead atoms. The van der Waals surface area contributed by atoms with Gasteiger partial charge in [-0.2, -0.15) is 5.10 Å². The van der Waals surface area contributed by atoms with Crippen LogP contribution in [-0.4, -0.2) is 54.8 Å². The minimum Gasteiger partial charge on any atom is -0.368 e. The Kier molecular flexibility index (Phi) is 3.41. The molecule has 2 aromatic heterocycles. The molecule has 8 nitrogen and oxygen atoms in total. The highest BCUT2D eigenvalue weighted by Crippen LogP contribution is 2.32. The average molecular weight is 342 g/mol. The summed E-state index contributed by atoms with van der Waals surface area (Å²) in [6.07, 6.45) is 6.84. The summed E-state index contributed by atoms with van der Waals surface area (Å²) in [6.45, 7) is 1.82. The first-order valence-electron chi connectivity index (χ1n) is 9.07. The normalized spacial score (nSPS) is 25.2. The van der Waals surface area contributed by atoms with Crippen LogP contribution in [0.4, 0.5) is 0 Å². The van der Waals surface area contributed by atoms with Crippen LogP contribution in [0.5, 0.6) is 0 Å². The second kappa shape index (κ2) is 5.66. The van der Waals surface area contributed by atoms with Gasteiger partial charge in [-0.1, -0.05) is 5.21 Å². The Balaban J connectivity index is 1.39. The van der Waals surface area contributed by atoms with Gasteiger partial charge in [-0.3, -0.25) is 9.48 Å². The van der Waals surface area contributed by atoms with E-state index in [4.69, 9.17) is 4.74 Å². The zero-order valence-corrected chi connectivity index (χ0v) is 14.4. The van der Waals surface area contributed by atoms with E-state index in [1.165, 1.54) is 6.42 Å². The molecule has 132 valence electrons. The topological polar surface area (TPSA) is 78.1 Å². The van der Waals surface area contributed by atoms with Gasteiger partial charge in [-0.15, -0.1) is 5.10 Å². The number of rotatable bonds is 1. The Labute approximate surface area is 145 Å². The van der Waals surface area contributed by atoms with Crippen LogP contribution in [0.1, 0.15) is 52.7 Å². The summed E-state index contributed by atoms with van der Waals surface area (Å²) < 4.78 is 9.74. The number of hydrogen-bond acceptors (Lipinski definition) is 5. The second-order valence-electron chi connectivity index (χ2n) is 7.23. The molecule has 0 aromatic carbocycles. The monoisotopic (exact) mass is 342 g/mol. The Bertz CT molecular complexity index is 825. The van der Waals surface area contributed by atoms with Crippen molar-refractivity contribution in [3.8, 4) is 0 Å². The lowest BCUT2D eigenvalue weighted by Gasteiger charge is -2.41. The van der Waals surface area contributed by atoms with Crippen molar-refractivity contribution in [2.45, 2.75) is 50.9 Å². The van der Waals surface area contributed by atoms with Crippen LogP contribution in [0.15, 0.2) is 6.20 Å². The highest BCUT2D eigenvalue weighted by Gasteiger charge is 2.39. The quantitative estimate of drug-likeness (QED) is 0.769. The van der Waals surface area contributed by atoms with E-state index >= 15 is 0 Å². The van der Waals surface area contributed by atoms with Crippen LogP contribution in [0, 0.1) is 0 Å². The third-order valence-electron chi connectivity index (χ3n) is 5.74. The van der Waals surface area contributed by atoms with Crippen LogP contribution in [0.3, 0.4) is 0 Å². The van der Waals surface area contributed by atoms with Gasteiger partial charge in [0.2, 0.25) is 0 Å². The van der Waals surface area contributed by atoms with Crippen LogP contribution in [-0.2, 0) is 31.2 Å². The van der Waals surface area contributed by atoms with Crippen molar-refractivity contribution < 1.29 is 9.53 Å². The molecule has 0 N–H and O–H groups in total. The maximum Gasteiger partial charge on any atom is 0.272 e. The fourth-order valence-corrected chi connectivity index (χ4v) is 4.47. The molecule has 1 saturated heterocycles. The maximum atomic E-state index is 13.2. The van der Waals surface area contributed by atoms with E-state index in [1.54, 1.807) is 10.9 Å². The van der Waals surface area contributed by atoms with E-state index in [0.29, 0.717) is 19.7 Å². The van der Waals surface area contributed by atoms with Gasteiger partial charge >= 0.3 is 0 Å². The Morgan fingerprint density at radius 3 is 3.12 bits per heavy atom. The summed E-state index contributed by atoms with van der Waals surface area (Å²) in [5, 5.41) is 12.8. The molecule has 0 radical (unpaired) electrons. The van der Waals surface area contributed by atoms with Crippen LogP contribution < -0.4 is 0 Å². The molecule has 2 aromatic rings. The number of likely N-dealkylation sites (tertiary alicyclic amines) is 1. The molecule has 25 heavy (non-hydrogen) atoms. The smallest absolute Gasteiger partial charge is 0.272 e. The molecule has 1 aliphatic carbocycles. The molecule has 2 atom stereocenters. The molecule has 0 spiro atoms. The van der Waals surface area contributed by atoms with Crippen molar-refractivity contribution in [1.82, 2.24) is 29.7 Å². The Morgan fingerprint density at radius 2 is 2.20 bits per heavy atom. The van der Waals surface area contributed by atoms with E-state index in [9.17, 15) is 4.79 Å². The van der Waals surface area contributed by atoms with Gasteiger partial charge in [0, 0.05) is 25.7 Å². The fraction of sp³-hybridized carbons (Fsp3) is 0.647. The molecule has 3 aliphatic rings. The second-order valence-corrected chi connectivity index (χ2v) is 7.23. The number of hydrogen-bond donors (Lipinski definition) is 0. The predicted octanol–water partition coefficient (Wildman–Crippen LogP) is 0.876. The lowest BCUT2D eigenvalue weighted by Crippen LogP contribution is -2.50. The van der Waals surface area contributed by atoms with Crippen molar-refractivity contribution in [2.75, 3.05) is 13.1 Å². The number of carbonyl (C=O) groups is 1. The maximum absolute atomic E-state index is 13.2. The van der Waals surface area contributed by atoms with Gasteiger partial charge in [-0.05, 0) is 32.1 Å². The molecule has 0 saturated carbocycles. The average Bonchev–Trinajstić information content (AvgIpc) is 3.24. The van der Waals surface area contributed by atoms with Gasteiger partial charge in [0.1, 0.15) is 5.69 Å². The van der Waals surface area contributed by atoms with Gasteiger partial charge in [-0.25, -0.2) is 4.68 Å². The fourth-order valence-electron chi connectivity index (χ4n) is 4.47.